The highest BCUT2D eigenvalue weighted by Crippen LogP contribution is 2.52. The topological polar surface area (TPSA) is 17.1 Å². The lowest BCUT2D eigenvalue weighted by atomic mass is 10.1. The van der Waals surface area contributed by atoms with Gasteiger partial charge in [-0.3, -0.25) is 4.79 Å². The van der Waals surface area contributed by atoms with Crippen molar-refractivity contribution in [3.05, 3.63) is 0 Å². The maximum atomic E-state index is 9.82. The quantitative estimate of drug-likeness (QED) is 0.528. The smallest absolute Gasteiger partial charge is 0.198 e. The SMILES string of the molecule is CC1(C)CC1C[C]=O. The average Bonchev–Trinajstić information content (AvgIpc) is 2.15. The van der Waals surface area contributed by atoms with Gasteiger partial charge in [-0.2, -0.15) is 0 Å². The molecule has 45 valence electrons. The fourth-order valence-corrected chi connectivity index (χ4v) is 1.03. The highest BCUT2D eigenvalue weighted by molar-refractivity contribution is 5.51. The van der Waals surface area contributed by atoms with Crippen LogP contribution in [-0.4, -0.2) is 6.29 Å². The van der Waals surface area contributed by atoms with Gasteiger partial charge in [0, 0.05) is 6.42 Å². The maximum Gasteiger partial charge on any atom is 0.198 e. The summed E-state index contributed by atoms with van der Waals surface area (Å²) in [7, 11) is 0. The van der Waals surface area contributed by atoms with E-state index < -0.39 is 0 Å². The zero-order valence-electron chi connectivity index (χ0n) is 5.40. The molecule has 0 heterocycles. The van der Waals surface area contributed by atoms with Gasteiger partial charge >= 0.3 is 0 Å². The second kappa shape index (κ2) is 1.57. The molecule has 0 bridgehead atoms. The molecule has 1 unspecified atom stereocenters. The molecule has 0 aliphatic heterocycles. The summed E-state index contributed by atoms with van der Waals surface area (Å²) >= 11 is 0. The predicted molar refractivity (Wildman–Crippen MR) is 32.2 cm³/mol. The summed E-state index contributed by atoms with van der Waals surface area (Å²) in [4.78, 5) is 9.82. The van der Waals surface area contributed by atoms with Crippen LogP contribution >= 0.6 is 0 Å². The van der Waals surface area contributed by atoms with Gasteiger partial charge in [-0.05, 0) is 17.8 Å². The Bertz CT molecular complexity index is 105. The Balaban J connectivity index is 2.26. The average molecular weight is 111 g/mol. The summed E-state index contributed by atoms with van der Waals surface area (Å²) in [5.41, 5.74) is 0.456. The van der Waals surface area contributed by atoms with E-state index in [9.17, 15) is 4.79 Å². The molecule has 1 aliphatic rings. The Labute approximate surface area is 50.1 Å². The van der Waals surface area contributed by atoms with Crippen LogP contribution in [0, 0.1) is 11.3 Å². The molecule has 1 saturated carbocycles. The molecule has 0 amide bonds. The van der Waals surface area contributed by atoms with Gasteiger partial charge in [0.2, 0.25) is 0 Å². The number of hydrogen-bond acceptors (Lipinski definition) is 1. The Morgan fingerprint density at radius 3 is 2.38 bits per heavy atom. The van der Waals surface area contributed by atoms with E-state index in [1.54, 1.807) is 0 Å². The summed E-state index contributed by atoms with van der Waals surface area (Å²) in [5, 5.41) is 0. The summed E-state index contributed by atoms with van der Waals surface area (Å²) < 4.78 is 0. The van der Waals surface area contributed by atoms with Gasteiger partial charge in [-0.15, -0.1) is 0 Å². The van der Waals surface area contributed by atoms with Crippen molar-refractivity contribution < 1.29 is 4.79 Å². The first-order chi connectivity index (χ1) is 3.67. The van der Waals surface area contributed by atoms with Crippen molar-refractivity contribution in [2.45, 2.75) is 26.7 Å². The fraction of sp³-hybridized carbons (Fsp3) is 0.857. The van der Waals surface area contributed by atoms with Crippen molar-refractivity contribution in [2.24, 2.45) is 11.3 Å². The van der Waals surface area contributed by atoms with Crippen LogP contribution in [0.4, 0.5) is 0 Å². The Kier molecular flexibility index (Phi) is 1.14. The van der Waals surface area contributed by atoms with Gasteiger partial charge in [0.15, 0.2) is 6.29 Å². The monoisotopic (exact) mass is 111 g/mol. The van der Waals surface area contributed by atoms with Crippen LogP contribution in [0.25, 0.3) is 0 Å². The largest absolute Gasteiger partial charge is 0.291 e. The Hall–Kier alpha value is -0.330. The number of rotatable bonds is 2. The van der Waals surface area contributed by atoms with Crippen molar-refractivity contribution in [3.8, 4) is 0 Å². The fourth-order valence-electron chi connectivity index (χ4n) is 1.03. The standard InChI is InChI=1S/C7H11O/c1-7(2)5-6(7)3-4-8/h6H,3,5H2,1-2H3. The zero-order valence-corrected chi connectivity index (χ0v) is 5.40. The molecule has 1 nitrogen and oxygen atoms in total. The van der Waals surface area contributed by atoms with Crippen LogP contribution in [0.1, 0.15) is 26.7 Å². The molecule has 8 heavy (non-hydrogen) atoms. The zero-order chi connectivity index (χ0) is 6.20. The van der Waals surface area contributed by atoms with E-state index in [1.807, 2.05) is 6.29 Å². The predicted octanol–water partition coefficient (Wildman–Crippen LogP) is 1.53. The van der Waals surface area contributed by atoms with E-state index >= 15 is 0 Å². The maximum absolute atomic E-state index is 9.82. The molecule has 0 aromatic rings. The van der Waals surface area contributed by atoms with Crippen LogP contribution < -0.4 is 0 Å². The molecule has 0 N–H and O–H groups in total. The molecule has 0 aromatic carbocycles. The van der Waals surface area contributed by atoms with Crippen molar-refractivity contribution in [2.75, 3.05) is 0 Å². The second-order valence-electron chi connectivity index (χ2n) is 3.24. The van der Waals surface area contributed by atoms with Gasteiger partial charge < -0.3 is 0 Å². The molecular weight excluding hydrogens is 100 g/mol. The van der Waals surface area contributed by atoms with Crippen LogP contribution in [0.5, 0.6) is 0 Å². The van der Waals surface area contributed by atoms with E-state index in [2.05, 4.69) is 13.8 Å². The molecule has 1 radical (unpaired) electrons. The molecule has 1 aliphatic carbocycles. The van der Waals surface area contributed by atoms with Gasteiger partial charge in [-0.25, -0.2) is 0 Å². The first-order valence-corrected chi connectivity index (χ1v) is 3.02. The highest BCUT2D eigenvalue weighted by atomic mass is 16.1. The van der Waals surface area contributed by atoms with Crippen LogP contribution in [-0.2, 0) is 4.79 Å². The minimum Gasteiger partial charge on any atom is -0.291 e. The highest BCUT2D eigenvalue weighted by Gasteiger charge is 2.44. The third-order valence-electron chi connectivity index (χ3n) is 2.05. The lowest BCUT2D eigenvalue weighted by molar-refractivity contribution is 0.524. The molecule has 1 heteroatoms. The van der Waals surface area contributed by atoms with Gasteiger partial charge in [-0.1, -0.05) is 13.8 Å². The summed E-state index contributed by atoms with van der Waals surface area (Å²) in [6, 6.07) is 0. The van der Waals surface area contributed by atoms with Crippen LogP contribution in [0.3, 0.4) is 0 Å². The van der Waals surface area contributed by atoms with Crippen molar-refractivity contribution >= 4 is 6.29 Å². The van der Waals surface area contributed by atoms with E-state index in [1.165, 1.54) is 6.42 Å². The molecule has 1 atom stereocenters. The minimum absolute atomic E-state index is 0.456. The third kappa shape index (κ3) is 0.908. The Morgan fingerprint density at radius 2 is 2.25 bits per heavy atom. The van der Waals surface area contributed by atoms with Gasteiger partial charge in [0.1, 0.15) is 0 Å². The lowest BCUT2D eigenvalue weighted by Crippen LogP contribution is -1.89. The molecule has 1 fully saturated rings. The Morgan fingerprint density at radius 1 is 1.75 bits per heavy atom. The van der Waals surface area contributed by atoms with E-state index in [4.69, 9.17) is 0 Å². The lowest BCUT2D eigenvalue weighted by Gasteiger charge is -1.94. The summed E-state index contributed by atoms with van der Waals surface area (Å²) in [6.45, 7) is 4.38. The first-order valence-electron chi connectivity index (χ1n) is 3.02. The van der Waals surface area contributed by atoms with E-state index in [0.717, 1.165) is 0 Å². The first kappa shape index (κ1) is 5.80. The summed E-state index contributed by atoms with van der Waals surface area (Å²) in [6.07, 6.45) is 3.79. The second-order valence-corrected chi connectivity index (χ2v) is 3.24. The van der Waals surface area contributed by atoms with Gasteiger partial charge in [0.05, 0.1) is 0 Å². The molecule has 0 spiro atoms. The van der Waals surface area contributed by atoms with Crippen molar-refractivity contribution in [1.29, 1.82) is 0 Å². The van der Waals surface area contributed by atoms with Crippen molar-refractivity contribution in [1.82, 2.24) is 0 Å². The summed E-state index contributed by atoms with van der Waals surface area (Å²) in [5.74, 6) is 0.639. The van der Waals surface area contributed by atoms with Gasteiger partial charge in [0.25, 0.3) is 0 Å². The normalized spacial score (nSPS) is 32.0. The molecule has 0 aromatic heterocycles. The van der Waals surface area contributed by atoms with Crippen LogP contribution in [0.2, 0.25) is 0 Å². The van der Waals surface area contributed by atoms with Crippen molar-refractivity contribution in [3.63, 3.8) is 0 Å². The molecular formula is C7H11O. The van der Waals surface area contributed by atoms with E-state index in [-0.39, 0.29) is 0 Å². The number of carbonyl (C=O) groups excluding carboxylic acids is 1. The van der Waals surface area contributed by atoms with Crippen LogP contribution in [0.15, 0.2) is 0 Å². The molecule has 0 saturated heterocycles. The third-order valence-corrected chi connectivity index (χ3v) is 2.05. The molecule has 1 rings (SSSR count). The number of hydrogen-bond donors (Lipinski definition) is 0. The van der Waals surface area contributed by atoms with E-state index in [0.29, 0.717) is 17.8 Å². The minimum atomic E-state index is 0.456.